The second-order valence-electron chi connectivity index (χ2n) is 4.05. The molecule has 2 bridgehead atoms. The molecule has 2 saturated carbocycles. The summed E-state index contributed by atoms with van der Waals surface area (Å²) in [5, 5.41) is -0.485. The Kier molecular flexibility index (Phi) is 2.37. The van der Waals surface area contributed by atoms with E-state index in [4.69, 9.17) is 23.2 Å². The monoisotopic (exact) mass is 220 g/mol. The molecule has 2 fully saturated rings. The smallest absolute Gasteiger partial charge is 0.225 e. The Bertz CT molecular complexity index is 238. The molecule has 0 aromatic heterocycles. The van der Waals surface area contributed by atoms with Crippen molar-refractivity contribution in [3.63, 3.8) is 0 Å². The first-order chi connectivity index (χ1) is 6.09. The Hall–Kier alpha value is -0.0800. The van der Waals surface area contributed by atoms with E-state index in [1.54, 1.807) is 0 Å². The summed E-state index contributed by atoms with van der Waals surface area (Å²) in [4.78, 5) is 21.9. The van der Waals surface area contributed by atoms with Gasteiger partial charge in [0.25, 0.3) is 0 Å². The van der Waals surface area contributed by atoms with Gasteiger partial charge in [-0.3, -0.25) is 9.59 Å². The summed E-state index contributed by atoms with van der Waals surface area (Å²) in [6.45, 7) is 0. The number of carbonyl (C=O) groups excluding carboxylic acids is 2. The van der Waals surface area contributed by atoms with Gasteiger partial charge in [0.05, 0.1) is 0 Å². The Labute approximate surface area is 86.6 Å². The van der Waals surface area contributed by atoms with Crippen LogP contribution in [-0.4, -0.2) is 10.5 Å². The van der Waals surface area contributed by atoms with Crippen LogP contribution in [-0.2, 0) is 9.59 Å². The van der Waals surface area contributed by atoms with Crippen LogP contribution < -0.4 is 0 Å². The lowest BCUT2D eigenvalue weighted by molar-refractivity contribution is -0.120. The molecule has 2 nitrogen and oxygen atoms in total. The van der Waals surface area contributed by atoms with E-state index in [-0.39, 0.29) is 22.3 Å². The van der Waals surface area contributed by atoms with Gasteiger partial charge in [0.15, 0.2) is 0 Å². The highest BCUT2D eigenvalue weighted by molar-refractivity contribution is 6.64. The average Bonchev–Trinajstić information content (AvgIpc) is 2.60. The van der Waals surface area contributed by atoms with Crippen LogP contribution in [0.3, 0.4) is 0 Å². The van der Waals surface area contributed by atoms with Gasteiger partial charge in [-0.25, -0.2) is 0 Å². The third-order valence-corrected chi connectivity index (χ3v) is 4.00. The van der Waals surface area contributed by atoms with Crippen molar-refractivity contribution in [1.82, 2.24) is 0 Å². The maximum atomic E-state index is 11.0. The van der Waals surface area contributed by atoms with Gasteiger partial charge < -0.3 is 0 Å². The topological polar surface area (TPSA) is 34.1 Å². The van der Waals surface area contributed by atoms with Crippen molar-refractivity contribution in [2.24, 2.45) is 23.7 Å². The van der Waals surface area contributed by atoms with E-state index < -0.39 is 0 Å². The third kappa shape index (κ3) is 1.50. The summed E-state index contributed by atoms with van der Waals surface area (Å²) in [6, 6.07) is 0. The highest BCUT2D eigenvalue weighted by atomic mass is 35.5. The third-order valence-electron chi connectivity index (χ3n) is 3.44. The standard InChI is InChI=1S/C9H10Cl2O2/c10-8(12)6-2-4-1-5(6)3-7(4)9(11)13/h4-7H,1-3H2/t4-,5-,6?,7?/m1/s1. The molecule has 2 aliphatic carbocycles. The van der Waals surface area contributed by atoms with Gasteiger partial charge in [0.1, 0.15) is 0 Å². The van der Waals surface area contributed by atoms with Crippen molar-refractivity contribution in [2.45, 2.75) is 19.3 Å². The van der Waals surface area contributed by atoms with E-state index in [0.29, 0.717) is 11.8 Å². The quantitative estimate of drug-likeness (QED) is 0.669. The Morgan fingerprint density at radius 1 is 0.846 bits per heavy atom. The van der Waals surface area contributed by atoms with Crippen molar-refractivity contribution in [3.05, 3.63) is 0 Å². The molecule has 4 atom stereocenters. The van der Waals surface area contributed by atoms with E-state index in [9.17, 15) is 9.59 Å². The fourth-order valence-corrected chi connectivity index (χ4v) is 3.37. The van der Waals surface area contributed by atoms with E-state index in [1.165, 1.54) is 0 Å². The van der Waals surface area contributed by atoms with Crippen LogP contribution in [0.5, 0.6) is 0 Å². The Morgan fingerprint density at radius 3 is 1.46 bits per heavy atom. The molecular formula is C9H10Cl2O2. The van der Waals surface area contributed by atoms with Crippen LogP contribution in [0.2, 0.25) is 0 Å². The molecule has 2 aliphatic rings. The first kappa shape index (κ1) is 9.47. The van der Waals surface area contributed by atoms with Crippen molar-refractivity contribution in [2.75, 3.05) is 0 Å². The molecule has 0 aromatic rings. The van der Waals surface area contributed by atoms with Gasteiger partial charge in [-0.2, -0.15) is 0 Å². The van der Waals surface area contributed by atoms with Crippen LogP contribution in [0, 0.1) is 23.7 Å². The van der Waals surface area contributed by atoms with Crippen LogP contribution in [0.1, 0.15) is 19.3 Å². The zero-order valence-corrected chi connectivity index (χ0v) is 8.52. The number of carbonyl (C=O) groups is 2. The maximum Gasteiger partial charge on any atom is 0.225 e. The molecule has 0 N–H and O–H groups in total. The highest BCUT2D eigenvalue weighted by Gasteiger charge is 2.49. The van der Waals surface area contributed by atoms with Crippen molar-refractivity contribution < 1.29 is 9.59 Å². The van der Waals surface area contributed by atoms with Crippen molar-refractivity contribution in [1.29, 1.82) is 0 Å². The predicted molar refractivity (Wildman–Crippen MR) is 49.5 cm³/mol. The number of rotatable bonds is 2. The van der Waals surface area contributed by atoms with Crippen molar-refractivity contribution >= 4 is 33.7 Å². The summed E-state index contributed by atoms with van der Waals surface area (Å²) in [6.07, 6.45) is 2.47. The van der Waals surface area contributed by atoms with Crippen LogP contribution in [0.4, 0.5) is 0 Å². The van der Waals surface area contributed by atoms with Gasteiger partial charge >= 0.3 is 0 Å². The molecule has 0 heterocycles. The van der Waals surface area contributed by atoms with E-state index in [1.807, 2.05) is 0 Å². The fourth-order valence-electron chi connectivity index (χ4n) is 2.83. The molecular weight excluding hydrogens is 211 g/mol. The number of fused-ring (bicyclic) bond motifs is 2. The van der Waals surface area contributed by atoms with Crippen LogP contribution in [0.25, 0.3) is 0 Å². The summed E-state index contributed by atoms with van der Waals surface area (Å²) in [5.41, 5.74) is 0. The summed E-state index contributed by atoms with van der Waals surface area (Å²) < 4.78 is 0. The van der Waals surface area contributed by atoms with Gasteiger partial charge in [-0.15, -0.1) is 0 Å². The number of halogens is 2. The average molecular weight is 221 g/mol. The minimum atomic E-state index is -0.243. The summed E-state index contributed by atoms with van der Waals surface area (Å²) in [5.74, 6) is 0.586. The molecule has 0 aromatic carbocycles. The molecule has 0 spiro atoms. The van der Waals surface area contributed by atoms with E-state index in [2.05, 4.69) is 0 Å². The molecule has 2 unspecified atom stereocenters. The minimum Gasteiger partial charge on any atom is -0.281 e. The molecule has 0 saturated heterocycles. The first-order valence-electron chi connectivity index (χ1n) is 4.48. The van der Waals surface area contributed by atoms with E-state index in [0.717, 1.165) is 19.3 Å². The normalized spacial score (nSPS) is 42.3. The number of hydrogen-bond donors (Lipinski definition) is 0. The zero-order valence-electron chi connectivity index (χ0n) is 7.00. The summed E-state index contributed by atoms with van der Waals surface area (Å²) >= 11 is 10.9. The number of hydrogen-bond acceptors (Lipinski definition) is 2. The van der Waals surface area contributed by atoms with Crippen LogP contribution >= 0.6 is 23.2 Å². The van der Waals surface area contributed by atoms with Gasteiger partial charge in [-0.1, -0.05) is 0 Å². The second-order valence-corrected chi connectivity index (χ2v) is 4.79. The second kappa shape index (κ2) is 3.25. The molecule has 2 rings (SSSR count). The van der Waals surface area contributed by atoms with Gasteiger partial charge in [-0.05, 0) is 54.3 Å². The largest absolute Gasteiger partial charge is 0.281 e. The molecule has 4 heteroatoms. The molecule has 0 radical (unpaired) electrons. The Balaban J connectivity index is 2.07. The van der Waals surface area contributed by atoms with E-state index >= 15 is 0 Å². The van der Waals surface area contributed by atoms with Gasteiger partial charge in [0.2, 0.25) is 10.5 Å². The lowest BCUT2D eigenvalue weighted by Gasteiger charge is -2.22. The predicted octanol–water partition coefficient (Wildman–Crippen LogP) is 2.18. The zero-order chi connectivity index (χ0) is 9.59. The fraction of sp³-hybridized carbons (Fsp3) is 0.778. The van der Waals surface area contributed by atoms with Crippen LogP contribution in [0.15, 0.2) is 0 Å². The maximum absolute atomic E-state index is 11.0. The minimum absolute atomic E-state index is 0.0149. The lowest BCUT2D eigenvalue weighted by atomic mass is 9.83. The molecule has 72 valence electrons. The Morgan fingerprint density at radius 2 is 1.23 bits per heavy atom. The lowest BCUT2D eigenvalue weighted by Crippen LogP contribution is -2.24. The molecule has 0 amide bonds. The first-order valence-corrected chi connectivity index (χ1v) is 5.24. The summed E-state index contributed by atoms with van der Waals surface area (Å²) in [7, 11) is 0. The highest BCUT2D eigenvalue weighted by Crippen LogP contribution is 2.52. The molecule has 13 heavy (non-hydrogen) atoms. The van der Waals surface area contributed by atoms with Crippen molar-refractivity contribution in [3.8, 4) is 0 Å². The van der Waals surface area contributed by atoms with Gasteiger partial charge in [0, 0.05) is 11.8 Å². The molecule has 0 aliphatic heterocycles. The SMILES string of the molecule is O=C(Cl)C1C[C@H]2C[C@@H]1CC2C(=O)Cl.